The summed E-state index contributed by atoms with van der Waals surface area (Å²) in [5.74, 6) is 0.411. The largest absolute Gasteiger partial charge is 0.484 e. The summed E-state index contributed by atoms with van der Waals surface area (Å²) in [6.07, 6.45) is 2.88. The number of carbonyl (C=O) groups excluding carboxylic acids is 1. The van der Waals surface area contributed by atoms with Crippen molar-refractivity contribution in [1.82, 2.24) is 5.32 Å². The Morgan fingerprint density at radius 1 is 1.30 bits per heavy atom. The zero-order valence-corrected chi connectivity index (χ0v) is 12.5. The van der Waals surface area contributed by atoms with Crippen LogP contribution in [0.4, 0.5) is 0 Å². The number of aliphatic hydroxyl groups is 1. The van der Waals surface area contributed by atoms with Crippen LogP contribution in [0.1, 0.15) is 19.3 Å². The van der Waals surface area contributed by atoms with Gasteiger partial charge in [-0.1, -0.05) is 29.6 Å². The molecule has 0 unspecified atom stereocenters. The molecule has 0 radical (unpaired) electrons. The van der Waals surface area contributed by atoms with Gasteiger partial charge in [0.05, 0.1) is 0 Å². The number of hydrogen-bond acceptors (Lipinski definition) is 3. The highest BCUT2D eigenvalue weighted by molar-refractivity contribution is 6.34. The molecule has 6 heteroatoms. The molecular formula is C14H17Cl2NO3. The summed E-state index contributed by atoms with van der Waals surface area (Å²) in [5.41, 5.74) is 0. The first kappa shape index (κ1) is 15.4. The molecule has 0 heterocycles. The van der Waals surface area contributed by atoms with Crippen molar-refractivity contribution in [1.29, 1.82) is 0 Å². The summed E-state index contributed by atoms with van der Waals surface area (Å²) in [6, 6.07) is 4.85. The third kappa shape index (κ3) is 4.27. The number of ether oxygens (including phenoxy) is 1. The van der Waals surface area contributed by atoms with E-state index in [0.717, 1.165) is 19.3 Å². The van der Waals surface area contributed by atoms with E-state index in [0.29, 0.717) is 15.8 Å². The van der Waals surface area contributed by atoms with Crippen LogP contribution >= 0.6 is 23.2 Å². The minimum Gasteiger partial charge on any atom is -0.484 e. The average Bonchev–Trinajstić information content (AvgIpc) is 2.82. The van der Waals surface area contributed by atoms with E-state index in [1.165, 1.54) is 0 Å². The summed E-state index contributed by atoms with van der Waals surface area (Å²) in [5, 5.41) is 13.0. The second-order valence-electron chi connectivity index (χ2n) is 4.94. The molecule has 0 spiro atoms. The zero-order chi connectivity index (χ0) is 14.5. The fourth-order valence-corrected chi connectivity index (χ4v) is 2.96. The molecule has 2 atom stereocenters. The SMILES string of the molecule is O=C(COc1cc(Cl)cc(Cl)c1)N[C@H]1CCC[C@H]1CO. The molecule has 0 saturated heterocycles. The number of rotatable bonds is 5. The first-order valence-corrected chi connectivity index (χ1v) is 7.33. The van der Waals surface area contributed by atoms with Crippen LogP contribution in [0.2, 0.25) is 10.0 Å². The molecule has 4 nitrogen and oxygen atoms in total. The molecule has 0 aromatic heterocycles. The van der Waals surface area contributed by atoms with Gasteiger partial charge in [-0.05, 0) is 31.0 Å². The first-order valence-electron chi connectivity index (χ1n) is 6.57. The molecule has 0 bridgehead atoms. The molecule has 1 saturated carbocycles. The molecule has 1 aromatic rings. The number of nitrogens with one attached hydrogen (secondary N) is 1. The summed E-state index contributed by atoms with van der Waals surface area (Å²) in [6.45, 7) is 0.0149. The van der Waals surface area contributed by atoms with E-state index in [1.54, 1.807) is 18.2 Å². The van der Waals surface area contributed by atoms with Gasteiger partial charge in [-0.25, -0.2) is 0 Å². The molecule has 0 aliphatic heterocycles. The predicted octanol–water partition coefficient (Wildman–Crippen LogP) is 2.65. The second-order valence-corrected chi connectivity index (χ2v) is 5.81. The van der Waals surface area contributed by atoms with Gasteiger partial charge in [0.15, 0.2) is 6.61 Å². The summed E-state index contributed by atoms with van der Waals surface area (Å²) in [7, 11) is 0. The lowest BCUT2D eigenvalue weighted by atomic mass is 10.1. The van der Waals surface area contributed by atoms with Crippen molar-refractivity contribution in [2.45, 2.75) is 25.3 Å². The van der Waals surface area contributed by atoms with Gasteiger partial charge in [-0.2, -0.15) is 0 Å². The lowest BCUT2D eigenvalue weighted by molar-refractivity contribution is -0.124. The Bertz CT molecular complexity index is 461. The van der Waals surface area contributed by atoms with Gasteiger partial charge >= 0.3 is 0 Å². The summed E-state index contributed by atoms with van der Waals surface area (Å²) < 4.78 is 5.37. The van der Waals surface area contributed by atoms with Crippen LogP contribution in [0.15, 0.2) is 18.2 Å². The van der Waals surface area contributed by atoms with Crippen molar-refractivity contribution in [3.8, 4) is 5.75 Å². The Balaban J connectivity index is 1.83. The van der Waals surface area contributed by atoms with Crippen molar-refractivity contribution >= 4 is 29.1 Å². The van der Waals surface area contributed by atoms with Crippen molar-refractivity contribution in [2.75, 3.05) is 13.2 Å². The fourth-order valence-electron chi connectivity index (χ4n) is 2.45. The maximum absolute atomic E-state index is 11.8. The molecule has 2 rings (SSSR count). The molecule has 1 aliphatic rings. The monoisotopic (exact) mass is 317 g/mol. The van der Waals surface area contributed by atoms with Gasteiger partial charge in [-0.15, -0.1) is 0 Å². The highest BCUT2D eigenvalue weighted by Gasteiger charge is 2.27. The third-order valence-electron chi connectivity index (χ3n) is 3.45. The normalized spacial score (nSPS) is 21.8. The number of amides is 1. The lowest BCUT2D eigenvalue weighted by Crippen LogP contribution is -2.40. The zero-order valence-electron chi connectivity index (χ0n) is 10.9. The summed E-state index contributed by atoms with van der Waals surface area (Å²) in [4.78, 5) is 11.8. The van der Waals surface area contributed by atoms with Gasteiger partial charge in [0.1, 0.15) is 5.75 Å². The van der Waals surface area contributed by atoms with Crippen molar-refractivity contribution in [3.63, 3.8) is 0 Å². The first-order chi connectivity index (χ1) is 9.58. The quantitative estimate of drug-likeness (QED) is 0.877. The number of halogens is 2. The van der Waals surface area contributed by atoms with Gasteiger partial charge in [0.2, 0.25) is 0 Å². The van der Waals surface area contributed by atoms with E-state index in [9.17, 15) is 9.90 Å². The molecule has 1 amide bonds. The predicted molar refractivity (Wildman–Crippen MR) is 78.3 cm³/mol. The minimum atomic E-state index is -0.202. The molecule has 20 heavy (non-hydrogen) atoms. The standard InChI is InChI=1S/C14H17Cl2NO3/c15-10-4-11(16)6-12(5-10)20-8-14(19)17-13-3-1-2-9(13)7-18/h4-6,9,13,18H,1-3,7-8H2,(H,17,19)/t9-,13-/m0/s1. The Hall–Kier alpha value is -0.970. The fraction of sp³-hybridized carbons (Fsp3) is 0.500. The molecule has 2 N–H and O–H groups in total. The van der Waals surface area contributed by atoms with E-state index in [2.05, 4.69) is 5.32 Å². The Morgan fingerprint density at radius 3 is 2.65 bits per heavy atom. The van der Waals surface area contributed by atoms with Gasteiger partial charge in [0, 0.05) is 28.6 Å². The van der Waals surface area contributed by atoms with E-state index in [4.69, 9.17) is 27.9 Å². The van der Waals surface area contributed by atoms with Crippen LogP contribution in [0.5, 0.6) is 5.75 Å². The number of carbonyl (C=O) groups is 1. The highest BCUT2D eigenvalue weighted by Crippen LogP contribution is 2.25. The van der Waals surface area contributed by atoms with E-state index >= 15 is 0 Å². The van der Waals surface area contributed by atoms with Crippen LogP contribution < -0.4 is 10.1 Å². The Labute approximate surface area is 128 Å². The number of aliphatic hydroxyl groups excluding tert-OH is 1. The van der Waals surface area contributed by atoms with Crippen molar-refractivity contribution < 1.29 is 14.6 Å². The highest BCUT2D eigenvalue weighted by atomic mass is 35.5. The van der Waals surface area contributed by atoms with E-state index in [1.807, 2.05) is 0 Å². The number of benzene rings is 1. The van der Waals surface area contributed by atoms with Crippen LogP contribution in [-0.4, -0.2) is 30.3 Å². The van der Waals surface area contributed by atoms with Crippen molar-refractivity contribution in [3.05, 3.63) is 28.2 Å². The maximum Gasteiger partial charge on any atom is 0.258 e. The van der Waals surface area contributed by atoms with Gasteiger partial charge < -0.3 is 15.2 Å². The molecular weight excluding hydrogens is 301 g/mol. The maximum atomic E-state index is 11.8. The Morgan fingerprint density at radius 2 is 2.00 bits per heavy atom. The van der Waals surface area contributed by atoms with E-state index in [-0.39, 0.29) is 31.1 Å². The molecule has 110 valence electrons. The van der Waals surface area contributed by atoms with Crippen LogP contribution in [0.25, 0.3) is 0 Å². The Kier molecular flexibility index (Phi) is 5.52. The second kappa shape index (κ2) is 7.16. The van der Waals surface area contributed by atoms with Gasteiger partial charge in [-0.3, -0.25) is 4.79 Å². The van der Waals surface area contributed by atoms with Crippen LogP contribution in [-0.2, 0) is 4.79 Å². The average molecular weight is 318 g/mol. The van der Waals surface area contributed by atoms with E-state index < -0.39 is 0 Å². The van der Waals surface area contributed by atoms with Gasteiger partial charge in [0.25, 0.3) is 5.91 Å². The van der Waals surface area contributed by atoms with Crippen LogP contribution in [0, 0.1) is 5.92 Å². The smallest absolute Gasteiger partial charge is 0.258 e. The lowest BCUT2D eigenvalue weighted by Gasteiger charge is -2.19. The summed E-state index contributed by atoms with van der Waals surface area (Å²) >= 11 is 11.7. The topological polar surface area (TPSA) is 58.6 Å². The van der Waals surface area contributed by atoms with Crippen molar-refractivity contribution in [2.24, 2.45) is 5.92 Å². The molecule has 1 aliphatic carbocycles. The van der Waals surface area contributed by atoms with Crippen LogP contribution in [0.3, 0.4) is 0 Å². The third-order valence-corrected chi connectivity index (χ3v) is 3.88. The molecule has 1 fully saturated rings. The molecule has 1 aromatic carbocycles. The minimum absolute atomic E-state index is 0.0408. The number of hydrogen-bond donors (Lipinski definition) is 2.